The van der Waals surface area contributed by atoms with Crippen LogP contribution in [0.25, 0.3) is 10.9 Å². The van der Waals surface area contributed by atoms with E-state index in [1.165, 1.54) is 0 Å². The van der Waals surface area contributed by atoms with Crippen molar-refractivity contribution in [3.63, 3.8) is 0 Å². The molecule has 144 valence electrons. The third-order valence-electron chi connectivity index (χ3n) is 3.93. The van der Waals surface area contributed by atoms with Gasteiger partial charge in [-0.2, -0.15) is 0 Å². The first-order chi connectivity index (χ1) is 13.4. The molecule has 28 heavy (non-hydrogen) atoms. The number of benzene rings is 2. The highest BCUT2D eigenvalue weighted by Crippen LogP contribution is 2.24. The van der Waals surface area contributed by atoms with E-state index >= 15 is 0 Å². The summed E-state index contributed by atoms with van der Waals surface area (Å²) in [6.45, 7) is 0.0757. The van der Waals surface area contributed by atoms with Crippen molar-refractivity contribution in [2.45, 2.75) is 19.1 Å². The van der Waals surface area contributed by atoms with E-state index in [0.29, 0.717) is 15.9 Å². The number of anilines is 1. The Kier molecular flexibility index (Phi) is 5.90. The molecule has 0 radical (unpaired) electrons. The fraction of sp³-hybridized carbons (Fsp3) is 0.158. The highest BCUT2D eigenvalue weighted by Gasteiger charge is 2.22. The maximum atomic E-state index is 12.2. The van der Waals surface area contributed by atoms with Gasteiger partial charge in [0.15, 0.2) is 5.82 Å². The average molecular weight is 400 g/mol. The molecule has 2 amide bonds. The van der Waals surface area contributed by atoms with Crippen LogP contribution in [0.1, 0.15) is 23.9 Å². The van der Waals surface area contributed by atoms with Crippen molar-refractivity contribution < 1.29 is 14.3 Å². The summed E-state index contributed by atoms with van der Waals surface area (Å²) in [5.41, 5.74) is 12.6. The number of primary amides is 1. The van der Waals surface area contributed by atoms with Crippen molar-refractivity contribution in [2.24, 2.45) is 5.73 Å². The van der Waals surface area contributed by atoms with Crippen LogP contribution in [0.3, 0.4) is 0 Å². The van der Waals surface area contributed by atoms with E-state index in [2.05, 4.69) is 15.3 Å². The minimum atomic E-state index is -0.897. The Balaban J connectivity index is 1.80. The molecule has 1 atom stereocenters. The molecule has 1 heterocycles. The van der Waals surface area contributed by atoms with Crippen LogP contribution in [0.15, 0.2) is 48.5 Å². The number of fused-ring (bicyclic) bond motifs is 1. The molecule has 1 aromatic heterocycles. The zero-order valence-corrected chi connectivity index (χ0v) is 15.5. The summed E-state index contributed by atoms with van der Waals surface area (Å²) in [4.78, 5) is 32.2. The predicted molar refractivity (Wildman–Crippen MR) is 105 cm³/mol. The maximum Gasteiger partial charge on any atom is 0.408 e. The molecule has 9 heteroatoms. The summed E-state index contributed by atoms with van der Waals surface area (Å²) in [5, 5.41) is 3.65. The van der Waals surface area contributed by atoms with Gasteiger partial charge in [-0.05, 0) is 23.8 Å². The lowest BCUT2D eigenvalue weighted by Gasteiger charge is -2.17. The monoisotopic (exact) mass is 399 g/mol. The average Bonchev–Trinajstić information content (AvgIpc) is 2.66. The Labute approximate surface area is 165 Å². The van der Waals surface area contributed by atoms with Gasteiger partial charge in [0.05, 0.1) is 11.9 Å². The number of nitrogens with zero attached hydrogens (tertiary/aromatic N) is 2. The third-order valence-corrected chi connectivity index (χ3v) is 4.16. The minimum absolute atomic E-state index is 0.0757. The molecule has 0 aliphatic rings. The summed E-state index contributed by atoms with van der Waals surface area (Å²) in [6, 6.07) is 13.3. The summed E-state index contributed by atoms with van der Waals surface area (Å²) < 4.78 is 5.19. The number of ether oxygens (including phenoxy) is 1. The molecule has 0 spiro atoms. The number of nitrogen functional groups attached to an aromatic ring is 1. The van der Waals surface area contributed by atoms with Crippen molar-refractivity contribution in [2.75, 3.05) is 5.73 Å². The third kappa shape index (κ3) is 4.86. The Hall–Kier alpha value is -3.39. The largest absolute Gasteiger partial charge is 0.445 e. The first-order valence-electron chi connectivity index (χ1n) is 8.40. The lowest BCUT2D eigenvalue weighted by atomic mass is 10.1. The van der Waals surface area contributed by atoms with E-state index in [-0.39, 0.29) is 24.7 Å². The van der Waals surface area contributed by atoms with Gasteiger partial charge in [-0.1, -0.05) is 41.9 Å². The predicted octanol–water partition coefficient (Wildman–Crippen LogP) is 2.71. The number of nitrogens with one attached hydrogen (secondary N) is 1. The Bertz CT molecular complexity index is 1010. The fourth-order valence-corrected chi connectivity index (χ4v) is 2.78. The number of carbonyl (C=O) groups is 2. The smallest absolute Gasteiger partial charge is 0.408 e. The van der Waals surface area contributed by atoms with Gasteiger partial charge in [0.1, 0.15) is 18.5 Å². The number of hydrogen-bond donors (Lipinski definition) is 3. The van der Waals surface area contributed by atoms with Crippen LogP contribution < -0.4 is 16.8 Å². The lowest BCUT2D eigenvalue weighted by Crippen LogP contribution is -2.33. The molecule has 5 N–H and O–H groups in total. The lowest BCUT2D eigenvalue weighted by molar-refractivity contribution is -0.118. The van der Waals surface area contributed by atoms with Crippen molar-refractivity contribution >= 4 is 40.3 Å². The molecule has 0 aliphatic carbocycles. The zero-order valence-electron chi connectivity index (χ0n) is 14.8. The molecular formula is C19H18ClN5O3. The second-order valence-electron chi connectivity index (χ2n) is 6.06. The first kappa shape index (κ1) is 19.4. The quantitative estimate of drug-likeness (QED) is 0.583. The molecule has 1 unspecified atom stereocenters. The second-order valence-corrected chi connectivity index (χ2v) is 6.49. The SMILES string of the molecule is NC(=O)CC(NC(=O)OCc1ccccc1)c1nc(N)c2ccc(Cl)cc2n1. The van der Waals surface area contributed by atoms with Crippen molar-refractivity contribution in [3.05, 3.63) is 64.9 Å². The van der Waals surface area contributed by atoms with E-state index < -0.39 is 18.0 Å². The molecule has 8 nitrogen and oxygen atoms in total. The van der Waals surface area contributed by atoms with Gasteiger partial charge >= 0.3 is 6.09 Å². The number of halogens is 1. The zero-order chi connectivity index (χ0) is 20.1. The Morgan fingerprint density at radius 3 is 2.61 bits per heavy atom. The molecule has 2 aromatic carbocycles. The van der Waals surface area contributed by atoms with E-state index in [9.17, 15) is 9.59 Å². The summed E-state index contributed by atoms with van der Waals surface area (Å²) in [6.07, 6.45) is -0.949. The van der Waals surface area contributed by atoms with E-state index in [0.717, 1.165) is 5.56 Å². The molecule has 3 aromatic rings. The van der Waals surface area contributed by atoms with Gasteiger partial charge in [0.25, 0.3) is 0 Å². The van der Waals surface area contributed by atoms with Gasteiger partial charge in [0.2, 0.25) is 5.91 Å². The standard InChI is InChI=1S/C19H18ClN5O3/c20-12-6-7-13-14(8-12)23-18(25-17(13)22)15(9-16(21)26)24-19(27)28-10-11-4-2-1-3-5-11/h1-8,15H,9-10H2,(H2,21,26)(H,24,27)(H2,22,23,25). The number of aromatic nitrogens is 2. The Morgan fingerprint density at radius 1 is 1.14 bits per heavy atom. The van der Waals surface area contributed by atoms with Gasteiger partial charge in [-0.25, -0.2) is 14.8 Å². The van der Waals surface area contributed by atoms with E-state index in [1.807, 2.05) is 30.3 Å². The molecule has 0 aliphatic heterocycles. The minimum Gasteiger partial charge on any atom is -0.445 e. The van der Waals surface area contributed by atoms with Gasteiger partial charge in [-0.15, -0.1) is 0 Å². The van der Waals surface area contributed by atoms with Gasteiger partial charge in [0, 0.05) is 10.4 Å². The molecule has 0 saturated carbocycles. The number of alkyl carbamates (subject to hydrolysis) is 1. The molecule has 0 bridgehead atoms. The molecule has 0 saturated heterocycles. The number of amides is 2. The second kappa shape index (κ2) is 8.53. The van der Waals surface area contributed by atoms with Crippen LogP contribution in [0, 0.1) is 0 Å². The summed E-state index contributed by atoms with van der Waals surface area (Å²) >= 11 is 6.01. The van der Waals surface area contributed by atoms with Crippen molar-refractivity contribution in [1.29, 1.82) is 0 Å². The van der Waals surface area contributed by atoms with Crippen LogP contribution in [-0.4, -0.2) is 22.0 Å². The number of nitrogens with two attached hydrogens (primary N) is 2. The van der Waals surface area contributed by atoms with Crippen LogP contribution >= 0.6 is 11.6 Å². The summed E-state index contributed by atoms with van der Waals surface area (Å²) in [7, 11) is 0. The molecule has 0 fully saturated rings. The number of hydrogen-bond acceptors (Lipinski definition) is 6. The first-order valence-corrected chi connectivity index (χ1v) is 8.78. The molecule has 3 rings (SSSR count). The van der Waals surface area contributed by atoms with Crippen molar-refractivity contribution in [3.8, 4) is 0 Å². The summed E-state index contributed by atoms with van der Waals surface area (Å²) in [5.74, 6) is -0.296. The van der Waals surface area contributed by atoms with E-state index in [4.69, 9.17) is 27.8 Å². The topological polar surface area (TPSA) is 133 Å². The van der Waals surface area contributed by atoms with Crippen LogP contribution in [0.2, 0.25) is 5.02 Å². The molecular weight excluding hydrogens is 382 g/mol. The highest BCUT2D eigenvalue weighted by molar-refractivity contribution is 6.31. The Morgan fingerprint density at radius 2 is 1.89 bits per heavy atom. The van der Waals surface area contributed by atoms with E-state index in [1.54, 1.807) is 18.2 Å². The normalized spacial score (nSPS) is 11.8. The van der Waals surface area contributed by atoms with Crippen LogP contribution in [0.5, 0.6) is 0 Å². The van der Waals surface area contributed by atoms with Gasteiger partial charge in [-0.3, -0.25) is 4.79 Å². The van der Waals surface area contributed by atoms with Crippen LogP contribution in [-0.2, 0) is 16.1 Å². The number of carbonyl (C=O) groups excluding carboxylic acids is 2. The fourth-order valence-electron chi connectivity index (χ4n) is 2.62. The van der Waals surface area contributed by atoms with Gasteiger partial charge < -0.3 is 21.5 Å². The highest BCUT2D eigenvalue weighted by atomic mass is 35.5. The van der Waals surface area contributed by atoms with Crippen LogP contribution in [0.4, 0.5) is 10.6 Å². The maximum absolute atomic E-state index is 12.2. The number of rotatable bonds is 6. The van der Waals surface area contributed by atoms with Crippen molar-refractivity contribution in [1.82, 2.24) is 15.3 Å².